The van der Waals surface area contributed by atoms with Gasteiger partial charge in [0, 0.05) is 13.2 Å². The Morgan fingerprint density at radius 3 is 2.53 bits per heavy atom. The summed E-state index contributed by atoms with van der Waals surface area (Å²) in [5.41, 5.74) is 0.0305. The molecule has 0 aromatic heterocycles. The van der Waals surface area contributed by atoms with Crippen molar-refractivity contribution in [2.45, 2.75) is 32.1 Å². The van der Waals surface area contributed by atoms with Crippen molar-refractivity contribution in [1.29, 1.82) is 0 Å². The fraction of sp³-hybridized carbons (Fsp3) is 0.538. The summed E-state index contributed by atoms with van der Waals surface area (Å²) in [5, 5.41) is 8.90. The van der Waals surface area contributed by atoms with E-state index in [0.29, 0.717) is 12.0 Å². The summed E-state index contributed by atoms with van der Waals surface area (Å²) in [5.74, 6) is -0.461. The van der Waals surface area contributed by atoms with Crippen LogP contribution in [0.1, 0.15) is 25.8 Å². The van der Waals surface area contributed by atoms with Crippen molar-refractivity contribution >= 4 is 10.0 Å². The smallest absolute Gasteiger partial charge is 0.240 e. The summed E-state index contributed by atoms with van der Waals surface area (Å²) in [7, 11) is -3.66. The summed E-state index contributed by atoms with van der Waals surface area (Å²) in [4.78, 5) is 0.0775. The molecule has 0 atom stereocenters. The van der Waals surface area contributed by atoms with Gasteiger partial charge in [-0.2, -0.15) is 0 Å². The first-order valence-electron chi connectivity index (χ1n) is 6.05. The maximum absolute atomic E-state index is 13.0. The minimum Gasteiger partial charge on any atom is -0.396 e. The summed E-state index contributed by atoms with van der Waals surface area (Å²) in [6.07, 6.45) is 0.498. The zero-order chi connectivity index (χ0) is 14.7. The average molecular weight is 289 g/mol. The molecule has 0 aliphatic carbocycles. The van der Waals surface area contributed by atoms with E-state index < -0.39 is 15.8 Å². The fourth-order valence-electron chi connectivity index (χ4n) is 1.67. The zero-order valence-corrected chi connectivity index (χ0v) is 12.2. The molecule has 19 heavy (non-hydrogen) atoms. The number of aliphatic hydroxyl groups is 1. The van der Waals surface area contributed by atoms with E-state index >= 15 is 0 Å². The van der Waals surface area contributed by atoms with Gasteiger partial charge in [-0.3, -0.25) is 0 Å². The lowest BCUT2D eigenvalue weighted by molar-refractivity contribution is 0.213. The summed E-state index contributed by atoms with van der Waals surface area (Å²) < 4.78 is 39.7. The molecular formula is C13H20FNO3S. The van der Waals surface area contributed by atoms with Gasteiger partial charge in [0.05, 0.1) is 4.90 Å². The van der Waals surface area contributed by atoms with Crippen LogP contribution in [0.5, 0.6) is 0 Å². The third kappa shape index (κ3) is 4.56. The lowest BCUT2D eigenvalue weighted by Crippen LogP contribution is -2.34. The Balaban J connectivity index is 2.87. The van der Waals surface area contributed by atoms with Gasteiger partial charge in [0.25, 0.3) is 0 Å². The maximum atomic E-state index is 13.0. The Labute approximate surface area is 113 Å². The predicted octanol–water partition coefficient (Wildman–Crippen LogP) is 1.82. The number of aryl methyl sites for hydroxylation is 1. The van der Waals surface area contributed by atoms with Crippen molar-refractivity contribution in [3.63, 3.8) is 0 Å². The first kappa shape index (κ1) is 16.1. The van der Waals surface area contributed by atoms with E-state index in [0.717, 1.165) is 6.07 Å². The van der Waals surface area contributed by atoms with Crippen LogP contribution in [0, 0.1) is 18.2 Å². The molecule has 0 bridgehead atoms. The summed E-state index contributed by atoms with van der Waals surface area (Å²) >= 11 is 0. The SMILES string of the molecule is Cc1cc(F)ccc1S(=O)(=O)NCC(C)(C)CCO. The monoisotopic (exact) mass is 289 g/mol. The van der Waals surface area contributed by atoms with Crippen LogP contribution in [0.4, 0.5) is 4.39 Å². The minimum absolute atomic E-state index is 0.00427. The highest BCUT2D eigenvalue weighted by atomic mass is 32.2. The van der Waals surface area contributed by atoms with Crippen LogP contribution in [0.15, 0.2) is 23.1 Å². The number of sulfonamides is 1. The molecule has 0 amide bonds. The predicted molar refractivity (Wildman–Crippen MR) is 71.8 cm³/mol. The maximum Gasteiger partial charge on any atom is 0.240 e. The topological polar surface area (TPSA) is 66.4 Å². The Kier molecular flexibility index (Phi) is 5.06. The number of hydrogen-bond donors (Lipinski definition) is 2. The van der Waals surface area contributed by atoms with Crippen LogP contribution >= 0.6 is 0 Å². The van der Waals surface area contributed by atoms with Crippen LogP contribution in [0.25, 0.3) is 0 Å². The molecule has 2 N–H and O–H groups in total. The van der Waals surface area contributed by atoms with Gasteiger partial charge >= 0.3 is 0 Å². The molecule has 108 valence electrons. The number of rotatable bonds is 6. The highest BCUT2D eigenvalue weighted by molar-refractivity contribution is 7.89. The van der Waals surface area contributed by atoms with Crippen LogP contribution < -0.4 is 4.72 Å². The molecule has 1 rings (SSSR count). The molecule has 6 heteroatoms. The summed E-state index contributed by atoms with van der Waals surface area (Å²) in [6, 6.07) is 3.57. The van der Waals surface area contributed by atoms with Gasteiger partial charge in [-0.15, -0.1) is 0 Å². The molecule has 0 unspecified atom stereocenters. The quantitative estimate of drug-likeness (QED) is 0.839. The van der Waals surface area contributed by atoms with E-state index in [1.807, 2.05) is 13.8 Å². The molecule has 0 saturated heterocycles. The van der Waals surface area contributed by atoms with Gasteiger partial charge in [0.2, 0.25) is 10.0 Å². The van der Waals surface area contributed by atoms with E-state index in [1.54, 1.807) is 6.92 Å². The van der Waals surface area contributed by atoms with Gasteiger partial charge in [-0.05, 0) is 42.5 Å². The number of aliphatic hydroxyl groups excluding tert-OH is 1. The highest BCUT2D eigenvalue weighted by Gasteiger charge is 2.23. The Bertz CT molecular complexity index is 541. The van der Waals surface area contributed by atoms with E-state index in [4.69, 9.17) is 5.11 Å². The van der Waals surface area contributed by atoms with Gasteiger partial charge < -0.3 is 5.11 Å². The van der Waals surface area contributed by atoms with E-state index in [2.05, 4.69) is 4.72 Å². The Morgan fingerprint density at radius 1 is 1.37 bits per heavy atom. The van der Waals surface area contributed by atoms with Crippen LogP contribution in [-0.4, -0.2) is 26.7 Å². The standard InChI is InChI=1S/C13H20FNO3S/c1-10-8-11(14)4-5-12(10)19(17,18)15-9-13(2,3)6-7-16/h4-5,8,15-16H,6-7,9H2,1-3H3. The average Bonchev–Trinajstić information content (AvgIpc) is 2.26. The molecular weight excluding hydrogens is 269 g/mol. The molecule has 4 nitrogen and oxygen atoms in total. The molecule has 0 radical (unpaired) electrons. The lowest BCUT2D eigenvalue weighted by Gasteiger charge is -2.24. The van der Waals surface area contributed by atoms with Crippen molar-refractivity contribution < 1.29 is 17.9 Å². The lowest BCUT2D eigenvalue weighted by atomic mass is 9.90. The molecule has 0 saturated carbocycles. The first-order chi connectivity index (χ1) is 8.68. The third-order valence-electron chi connectivity index (χ3n) is 2.96. The molecule has 0 aliphatic rings. The van der Waals surface area contributed by atoms with E-state index in [9.17, 15) is 12.8 Å². The Morgan fingerprint density at radius 2 is 2.00 bits per heavy atom. The van der Waals surface area contributed by atoms with Gasteiger partial charge in [0.1, 0.15) is 5.82 Å². The molecule has 1 aromatic carbocycles. The number of halogens is 1. The van der Waals surface area contributed by atoms with Crippen LogP contribution in [-0.2, 0) is 10.0 Å². The van der Waals surface area contributed by atoms with Crippen molar-refractivity contribution in [1.82, 2.24) is 4.72 Å². The van der Waals surface area contributed by atoms with Crippen molar-refractivity contribution in [3.8, 4) is 0 Å². The van der Waals surface area contributed by atoms with Crippen LogP contribution in [0.3, 0.4) is 0 Å². The number of hydrogen-bond acceptors (Lipinski definition) is 3. The largest absolute Gasteiger partial charge is 0.396 e. The first-order valence-corrected chi connectivity index (χ1v) is 7.53. The van der Waals surface area contributed by atoms with Crippen molar-refractivity contribution in [2.24, 2.45) is 5.41 Å². The van der Waals surface area contributed by atoms with Crippen molar-refractivity contribution in [2.75, 3.05) is 13.2 Å². The van der Waals surface area contributed by atoms with Gasteiger partial charge in [-0.1, -0.05) is 13.8 Å². The van der Waals surface area contributed by atoms with Gasteiger partial charge in [0.15, 0.2) is 0 Å². The Hall–Kier alpha value is -0.980. The second kappa shape index (κ2) is 5.98. The second-order valence-electron chi connectivity index (χ2n) is 5.37. The zero-order valence-electron chi connectivity index (χ0n) is 11.4. The molecule has 0 heterocycles. The number of benzene rings is 1. The fourth-order valence-corrected chi connectivity index (χ4v) is 3.14. The highest BCUT2D eigenvalue weighted by Crippen LogP contribution is 2.21. The number of nitrogens with one attached hydrogen (secondary N) is 1. The minimum atomic E-state index is -3.66. The van der Waals surface area contributed by atoms with Crippen molar-refractivity contribution in [3.05, 3.63) is 29.6 Å². The second-order valence-corrected chi connectivity index (χ2v) is 7.11. The summed E-state index contributed by atoms with van der Waals surface area (Å²) in [6.45, 7) is 5.50. The van der Waals surface area contributed by atoms with Crippen LogP contribution in [0.2, 0.25) is 0 Å². The molecule has 0 fully saturated rings. The van der Waals surface area contributed by atoms with Gasteiger partial charge in [-0.25, -0.2) is 17.5 Å². The van der Waals surface area contributed by atoms with E-state index in [-0.39, 0.29) is 23.5 Å². The van der Waals surface area contributed by atoms with E-state index in [1.165, 1.54) is 12.1 Å². The molecule has 0 spiro atoms. The third-order valence-corrected chi connectivity index (χ3v) is 4.52. The molecule has 0 aliphatic heterocycles. The normalized spacial score (nSPS) is 12.7. The molecule has 1 aromatic rings.